The molecule has 0 aliphatic rings. The summed E-state index contributed by atoms with van der Waals surface area (Å²) in [5.41, 5.74) is 1.95. The molecule has 88 valence electrons. The van der Waals surface area contributed by atoms with Crippen molar-refractivity contribution in [3.05, 3.63) is 29.8 Å². The predicted octanol–water partition coefficient (Wildman–Crippen LogP) is 2.96. The molecule has 1 aromatic rings. The van der Waals surface area contributed by atoms with Crippen LogP contribution < -0.4 is 5.32 Å². The normalized spacial score (nSPS) is 10.5. The second kappa shape index (κ2) is 6.28. The fraction of sp³-hybridized carbons (Fsp3) is 0.462. The van der Waals surface area contributed by atoms with Crippen molar-refractivity contribution in [3.63, 3.8) is 0 Å². The number of ether oxygens (including phenoxy) is 1. The average Bonchev–Trinajstić information content (AvgIpc) is 2.28. The van der Waals surface area contributed by atoms with Gasteiger partial charge < -0.3 is 10.1 Å². The van der Waals surface area contributed by atoms with Gasteiger partial charge in [-0.25, -0.2) is 0 Å². The van der Waals surface area contributed by atoms with E-state index in [9.17, 15) is 4.79 Å². The zero-order valence-electron chi connectivity index (χ0n) is 10.1. The molecule has 0 fully saturated rings. The molecule has 0 unspecified atom stereocenters. The van der Waals surface area contributed by atoms with Crippen molar-refractivity contribution >= 4 is 11.6 Å². The highest BCUT2D eigenvalue weighted by atomic mass is 16.5. The van der Waals surface area contributed by atoms with Gasteiger partial charge in [0.2, 0.25) is 5.91 Å². The first-order valence-corrected chi connectivity index (χ1v) is 5.62. The largest absolute Gasteiger partial charge is 0.374 e. The third-order valence-electron chi connectivity index (χ3n) is 2.14. The van der Waals surface area contributed by atoms with Crippen LogP contribution in [0.25, 0.3) is 0 Å². The Morgan fingerprint density at radius 1 is 1.31 bits per heavy atom. The van der Waals surface area contributed by atoms with Crippen molar-refractivity contribution in [2.24, 2.45) is 0 Å². The molecule has 0 radical (unpaired) electrons. The minimum Gasteiger partial charge on any atom is -0.374 e. The molecule has 1 aromatic carbocycles. The van der Waals surface area contributed by atoms with E-state index in [-0.39, 0.29) is 12.0 Å². The van der Waals surface area contributed by atoms with Crippen LogP contribution in [0.15, 0.2) is 24.3 Å². The van der Waals surface area contributed by atoms with Gasteiger partial charge in [-0.3, -0.25) is 4.79 Å². The Kier molecular flexibility index (Phi) is 4.99. The van der Waals surface area contributed by atoms with Gasteiger partial charge in [0.15, 0.2) is 0 Å². The van der Waals surface area contributed by atoms with Crippen molar-refractivity contribution in [2.45, 2.75) is 39.9 Å². The molecule has 0 atom stereocenters. The summed E-state index contributed by atoms with van der Waals surface area (Å²) in [4.78, 5) is 11.1. The number of amides is 1. The summed E-state index contributed by atoms with van der Waals surface area (Å²) in [7, 11) is 0. The van der Waals surface area contributed by atoms with E-state index in [0.717, 1.165) is 11.3 Å². The number of anilines is 1. The zero-order chi connectivity index (χ0) is 12.0. The number of carbonyl (C=O) groups excluding carboxylic acids is 1. The zero-order valence-corrected chi connectivity index (χ0v) is 10.1. The van der Waals surface area contributed by atoms with Crippen molar-refractivity contribution in [2.75, 3.05) is 5.32 Å². The first kappa shape index (κ1) is 12.7. The molecule has 3 nitrogen and oxygen atoms in total. The van der Waals surface area contributed by atoms with Crippen LogP contribution in [0.2, 0.25) is 0 Å². The van der Waals surface area contributed by atoms with Crippen LogP contribution in [0.5, 0.6) is 0 Å². The SMILES string of the molecule is CCC(=O)Nc1ccc(COC(C)C)cc1. The monoisotopic (exact) mass is 221 g/mol. The molecule has 1 amide bonds. The van der Waals surface area contributed by atoms with Crippen molar-refractivity contribution in [1.82, 2.24) is 0 Å². The lowest BCUT2D eigenvalue weighted by Crippen LogP contribution is -2.09. The van der Waals surface area contributed by atoms with Crippen LogP contribution in [-0.2, 0) is 16.1 Å². The van der Waals surface area contributed by atoms with Crippen LogP contribution in [0, 0.1) is 0 Å². The van der Waals surface area contributed by atoms with E-state index >= 15 is 0 Å². The molecular weight excluding hydrogens is 202 g/mol. The van der Waals surface area contributed by atoms with E-state index in [1.54, 1.807) is 0 Å². The molecular formula is C13H19NO2. The van der Waals surface area contributed by atoms with E-state index in [1.807, 2.05) is 45.0 Å². The van der Waals surface area contributed by atoms with Gasteiger partial charge in [0.25, 0.3) is 0 Å². The molecule has 3 heteroatoms. The summed E-state index contributed by atoms with van der Waals surface area (Å²) < 4.78 is 5.48. The summed E-state index contributed by atoms with van der Waals surface area (Å²) in [6, 6.07) is 7.72. The third-order valence-corrected chi connectivity index (χ3v) is 2.14. The average molecular weight is 221 g/mol. The molecule has 0 heterocycles. The summed E-state index contributed by atoms with van der Waals surface area (Å²) >= 11 is 0. The van der Waals surface area contributed by atoms with Gasteiger partial charge in [-0.1, -0.05) is 19.1 Å². The van der Waals surface area contributed by atoms with Crippen molar-refractivity contribution in [3.8, 4) is 0 Å². The van der Waals surface area contributed by atoms with E-state index in [2.05, 4.69) is 5.32 Å². The van der Waals surface area contributed by atoms with Crippen LogP contribution in [0.3, 0.4) is 0 Å². The van der Waals surface area contributed by atoms with Gasteiger partial charge in [0, 0.05) is 12.1 Å². The Balaban J connectivity index is 2.51. The highest BCUT2D eigenvalue weighted by Crippen LogP contribution is 2.11. The maximum absolute atomic E-state index is 11.1. The van der Waals surface area contributed by atoms with Crippen LogP contribution in [0.1, 0.15) is 32.8 Å². The Morgan fingerprint density at radius 2 is 1.94 bits per heavy atom. The number of nitrogens with one attached hydrogen (secondary N) is 1. The molecule has 1 N–H and O–H groups in total. The fourth-order valence-corrected chi connectivity index (χ4v) is 1.20. The van der Waals surface area contributed by atoms with Gasteiger partial charge in [-0.15, -0.1) is 0 Å². The highest BCUT2D eigenvalue weighted by molar-refractivity contribution is 5.90. The Morgan fingerprint density at radius 3 is 2.44 bits per heavy atom. The molecule has 0 saturated carbocycles. The summed E-state index contributed by atoms with van der Waals surface area (Å²) in [6.45, 7) is 6.46. The van der Waals surface area contributed by atoms with Gasteiger partial charge >= 0.3 is 0 Å². The molecule has 16 heavy (non-hydrogen) atoms. The standard InChI is InChI=1S/C13H19NO2/c1-4-13(15)14-12-7-5-11(6-8-12)9-16-10(2)3/h5-8,10H,4,9H2,1-3H3,(H,14,15). The number of carbonyl (C=O) groups is 1. The lowest BCUT2D eigenvalue weighted by molar-refractivity contribution is -0.115. The molecule has 0 aliphatic heterocycles. The van der Waals surface area contributed by atoms with Crippen LogP contribution in [0.4, 0.5) is 5.69 Å². The molecule has 1 rings (SSSR count). The van der Waals surface area contributed by atoms with Crippen LogP contribution >= 0.6 is 0 Å². The lowest BCUT2D eigenvalue weighted by Gasteiger charge is -2.08. The van der Waals surface area contributed by atoms with E-state index in [0.29, 0.717) is 13.0 Å². The van der Waals surface area contributed by atoms with E-state index < -0.39 is 0 Å². The summed E-state index contributed by atoms with van der Waals surface area (Å²) in [5, 5.41) is 2.80. The summed E-state index contributed by atoms with van der Waals surface area (Å²) in [5.74, 6) is 0.0335. The maximum atomic E-state index is 11.1. The Bertz CT molecular complexity index is 330. The molecule has 0 spiro atoms. The summed E-state index contributed by atoms with van der Waals surface area (Å²) in [6.07, 6.45) is 0.734. The van der Waals surface area contributed by atoms with Gasteiger partial charge in [-0.05, 0) is 31.5 Å². The minimum atomic E-state index is 0.0335. The Labute approximate surface area is 96.8 Å². The van der Waals surface area contributed by atoms with E-state index in [4.69, 9.17) is 4.74 Å². The number of hydrogen-bond donors (Lipinski definition) is 1. The fourth-order valence-electron chi connectivity index (χ4n) is 1.20. The van der Waals surface area contributed by atoms with Crippen LogP contribution in [-0.4, -0.2) is 12.0 Å². The molecule has 0 aromatic heterocycles. The Hall–Kier alpha value is -1.35. The number of rotatable bonds is 5. The van der Waals surface area contributed by atoms with E-state index in [1.165, 1.54) is 0 Å². The topological polar surface area (TPSA) is 38.3 Å². The second-order valence-electron chi connectivity index (χ2n) is 3.96. The molecule has 0 bridgehead atoms. The first-order chi connectivity index (χ1) is 7.61. The van der Waals surface area contributed by atoms with Crippen molar-refractivity contribution in [1.29, 1.82) is 0 Å². The quantitative estimate of drug-likeness (QED) is 0.830. The first-order valence-electron chi connectivity index (χ1n) is 5.62. The number of hydrogen-bond acceptors (Lipinski definition) is 2. The maximum Gasteiger partial charge on any atom is 0.224 e. The highest BCUT2D eigenvalue weighted by Gasteiger charge is 2.00. The van der Waals surface area contributed by atoms with Gasteiger partial charge in [0.05, 0.1) is 12.7 Å². The smallest absolute Gasteiger partial charge is 0.224 e. The second-order valence-corrected chi connectivity index (χ2v) is 3.96. The van der Waals surface area contributed by atoms with Gasteiger partial charge in [-0.2, -0.15) is 0 Å². The predicted molar refractivity (Wildman–Crippen MR) is 65.3 cm³/mol. The molecule has 0 saturated heterocycles. The lowest BCUT2D eigenvalue weighted by atomic mass is 10.2. The minimum absolute atomic E-state index is 0.0335. The number of benzene rings is 1. The third kappa shape index (κ3) is 4.45. The molecule has 0 aliphatic carbocycles. The van der Waals surface area contributed by atoms with Gasteiger partial charge in [0.1, 0.15) is 0 Å². The van der Waals surface area contributed by atoms with Crippen molar-refractivity contribution < 1.29 is 9.53 Å².